The van der Waals surface area contributed by atoms with Gasteiger partial charge in [0.1, 0.15) is 5.75 Å². The molecule has 3 aliphatic rings. The Bertz CT molecular complexity index is 769. The average molecular weight is 373 g/mol. The molecule has 4 nitrogen and oxygen atoms in total. The molecule has 0 aliphatic carbocycles. The summed E-state index contributed by atoms with van der Waals surface area (Å²) in [7, 11) is 1.67. The van der Waals surface area contributed by atoms with E-state index < -0.39 is 6.10 Å². The molecule has 26 heavy (non-hydrogen) atoms. The van der Waals surface area contributed by atoms with Gasteiger partial charge in [-0.2, -0.15) is 11.8 Å². The summed E-state index contributed by atoms with van der Waals surface area (Å²) in [5, 5.41) is 12.3. The number of methoxy groups -OCH3 is 1. The molecular formula is C21H28N2O2S. The molecule has 3 aliphatic heterocycles. The average Bonchev–Trinajstić information content (AvgIpc) is 2.71. The summed E-state index contributed by atoms with van der Waals surface area (Å²) < 4.78 is 5.38. The molecule has 0 radical (unpaired) electrons. The largest absolute Gasteiger partial charge is 0.497 e. The molecule has 2 bridgehead atoms. The van der Waals surface area contributed by atoms with Gasteiger partial charge in [-0.15, -0.1) is 0 Å². The Labute approximate surface area is 159 Å². The highest BCUT2D eigenvalue weighted by Gasteiger charge is 2.42. The topological polar surface area (TPSA) is 45.6 Å². The standard InChI is InChI=1S/C21H28N2O2S/c1-25-16-3-4-19-18(12-16)17(5-8-22-19)21(24)20-11-14-6-9-23(20)13-15(14)7-10-26-2/h3-5,8,12,14-15,20-21,24H,6-7,9-11,13H2,1-2H3/t14?,15?,20?,21-/m0/s1. The van der Waals surface area contributed by atoms with Gasteiger partial charge >= 0.3 is 0 Å². The predicted molar refractivity (Wildman–Crippen MR) is 108 cm³/mol. The van der Waals surface area contributed by atoms with Crippen molar-refractivity contribution in [1.82, 2.24) is 9.88 Å². The molecule has 1 aromatic heterocycles. The predicted octanol–water partition coefficient (Wildman–Crippen LogP) is 3.74. The van der Waals surface area contributed by atoms with Crippen LogP contribution in [0.15, 0.2) is 30.5 Å². The number of aromatic nitrogens is 1. The van der Waals surface area contributed by atoms with Gasteiger partial charge < -0.3 is 9.84 Å². The zero-order valence-corrected chi connectivity index (χ0v) is 16.4. The Hall–Kier alpha value is -1.30. The number of rotatable bonds is 6. The van der Waals surface area contributed by atoms with E-state index in [1.54, 1.807) is 7.11 Å². The Balaban J connectivity index is 1.59. The first kappa shape index (κ1) is 18.1. The summed E-state index contributed by atoms with van der Waals surface area (Å²) in [5.74, 6) is 3.61. The van der Waals surface area contributed by atoms with Gasteiger partial charge in [0.15, 0.2) is 0 Å². The van der Waals surface area contributed by atoms with E-state index in [1.165, 1.54) is 18.6 Å². The Morgan fingerprint density at radius 1 is 1.38 bits per heavy atom. The monoisotopic (exact) mass is 372 g/mol. The molecule has 1 N–H and O–H groups in total. The Kier molecular flexibility index (Phi) is 5.39. The summed E-state index contributed by atoms with van der Waals surface area (Å²) in [4.78, 5) is 6.99. The lowest BCUT2D eigenvalue weighted by Crippen LogP contribution is -2.55. The third-order valence-electron chi connectivity index (χ3n) is 6.29. The number of aliphatic hydroxyl groups is 1. The smallest absolute Gasteiger partial charge is 0.119 e. The lowest BCUT2D eigenvalue weighted by atomic mass is 9.72. The number of hydrogen-bond acceptors (Lipinski definition) is 5. The van der Waals surface area contributed by atoms with Crippen LogP contribution < -0.4 is 4.74 Å². The summed E-state index contributed by atoms with van der Waals surface area (Å²) in [5.41, 5.74) is 1.89. The van der Waals surface area contributed by atoms with E-state index in [0.29, 0.717) is 0 Å². The van der Waals surface area contributed by atoms with Gasteiger partial charge in [0.05, 0.1) is 18.7 Å². The van der Waals surface area contributed by atoms with Gasteiger partial charge in [0.25, 0.3) is 0 Å². The van der Waals surface area contributed by atoms with Crippen LogP contribution in [0.1, 0.15) is 30.9 Å². The number of ether oxygens (including phenoxy) is 1. The van der Waals surface area contributed by atoms with E-state index in [2.05, 4.69) is 16.1 Å². The minimum absolute atomic E-state index is 0.219. The number of pyridine rings is 1. The summed E-state index contributed by atoms with van der Waals surface area (Å²) in [6.45, 7) is 2.26. The fourth-order valence-corrected chi connectivity index (χ4v) is 5.38. The fourth-order valence-electron chi connectivity index (χ4n) is 4.84. The van der Waals surface area contributed by atoms with E-state index in [1.807, 2.05) is 42.2 Å². The van der Waals surface area contributed by atoms with Crippen molar-refractivity contribution in [2.45, 2.75) is 31.4 Å². The van der Waals surface area contributed by atoms with Crippen molar-refractivity contribution in [3.63, 3.8) is 0 Å². The van der Waals surface area contributed by atoms with Crippen molar-refractivity contribution in [1.29, 1.82) is 0 Å². The molecule has 3 fully saturated rings. The van der Waals surface area contributed by atoms with Crippen molar-refractivity contribution in [2.75, 3.05) is 32.2 Å². The highest BCUT2D eigenvalue weighted by Crippen LogP contribution is 2.43. The zero-order valence-electron chi connectivity index (χ0n) is 15.6. The fraction of sp³-hybridized carbons (Fsp3) is 0.571. The first-order chi connectivity index (χ1) is 12.7. The van der Waals surface area contributed by atoms with Crippen LogP contribution in [0, 0.1) is 11.8 Å². The second kappa shape index (κ2) is 7.75. The van der Waals surface area contributed by atoms with E-state index in [9.17, 15) is 5.11 Å². The second-order valence-electron chi connectivity index (χ2n) is 7.62. The maximum atomic E-state index is 11.3. The van der Waals surface area contributed by atoms with Crippen LogP contribution in [-0.4, -0.2) is 53.2 Å². The number of aliphatic hydroxyl groups excluding tert-OH is 1. The third-order valence-corrected chi connectivity index (χ3v) is 6.94. The molecule has 140 valence electrons. The van der Waals surface area contributed by atoms with Crippen molar-refractivity contribution < 1.29 is 9.84 Å². The van der Waals surface area contributed by atoms with Crippen LogP contribution in [0.4, 0.5) is 0 Å². The van der Waals surface area contributed by atoms with Crippen LogP contribution >= 0.6 is 11.8 Å². The number of thioether (sulfide) groups is 1. The normalized spacial score (nSPS) is 29.0. The summed E-state index contributed by atoms with van der Waals surface area (Å²) in [6, 6.07) is 8.08. The van der Waals surface area contributed by atoms with Gasteiger partial charge in [0, 0.05) is 24.2 Å². The highest BCUT2D eigenvalue weighted by atomic mass is 32.2. The minimum Gasteiger partial charge on any atom is -0.497 e. The Morgan fingerprint density at radius 3 is 3.00 bits per heavy atom. The van der Waals surface area contributed by atoms with Crippen LogP contribution in [0.2, 0.25) is 0 Å². The number of benzene rings is 1. The van der Waals surface area contributed by atoms with Crippen LogP contribution in [0.3, 0.4) is 0 Å². The van der Waals surface area contributed by atoms with Crippen molar-refractivity contribution in [2.24, 2.45) is 11.8 Å². The lowest BCUT2D eigenvalue weighted by Gasteiger charge is -2.51. The minimum atomic E-state index is -0.475. The van der Waals surface area contributed by atoms with Crippen molar-refractivity contribution in [3.8, 4) is 5.75 Å². The SMILES string of the molecule is COc1ccc2nccc([C@H](O)C3CC4CCN3CC4CCSC)c2c1. The van der Waals surface area contributed by atoms with Gasteiger partial charge in [-0.1, -0.05) is 0 Å². The zero-order chi connectivity index (χ0) is 18.1. The van der Waals surface area contributed by atoms with Crippen molar-refractivity contribution >= 4 is 22.7 Å². The van der Waals surface area contributed by atoms with Gasteiger partial charge in [-0.3, -0.25) is 9.88 Å². The van der Waals surface area contributed by atoms with Gasteiger partial charge in [-0.25, -0.2) is 0 Å². The number of hydrogen-bond donors (Lipinski definition) is 1. The van der Waals surface area contributed by atoms with E-state index in [4.69, 9.17) is 4.74 Å². The Morgan fingerprint density at radius 2 is 2.27 bits per heavy atom. The van der Waals surface area contributed by atoms with Gasteiger partial charge in [-0.05, 0) is 79.5 Å². The maximum Gasteiger partial charge on any atom is 0.119 e. The first-order valence-corrected chi connectivity index (χ1v) is 10.9. The quantitative estimate of drug-likeness (QED) is 0.837. The molecule has 0 saturated carbocycles. The molecule has 5 rings (SSSR count). The van der Waals surface area contributed by atoms with Crippen LogP contribution in [0.25, 0.3) is 10.9 Å². The lowest BCUT2D eigenvalue weighted by molar-refractivity contribution is -0.0559. The second-order valence-corrected chi connectivity index (χ2v) is 8.60. The molecule has 4 unspecified atom stereocenters. The highest BCUT2D eigenvalue weighted by molar-refractivity contribution is 7.98. The summed E-state index contributed by atoms with van der Waals surface area (Å²) in [6.07, 6.45) is 7.22. The van der Waals surface area contributed by atoms with Crippen molar-refractivity contribution in [3.05, 3.63) is 36.0 Å². The number of piperidine rings is 3. The molecule has 0 spiro atoms. The van der Waals surface area contributed by atoms with Crippen LogP contribution in [-0.2, 0) is 0 Å². The van der Waals surface area contributed by atoms with E-state index in [0.717, 1.165) is 53.6 Å². The van der Waals surface area contributed by atoms with E-state index in [-0.39, 0.29) is 6.04 Å². The molecule has 0 amide bonds. The number of fused-ring (bicyclic) bond motifs is 4. The first-order valence-electron chi connectivity index (χ1n) is 9.55. The number of nitrogens with zero attached hydrogens (tertiary/aromatic N) is 2. The molecule has 4 heterocycles. The molecule has 1 aromatic carbocycles. The molecule has 5 atom stereocenters. The molecule has 2 aromatic rings. The maximum absolute atomic E-state index is 11.3. The van der Waals surface area contributed by atoms with Crippen LogP contribution in [0.5, 0.6) is 5.75 Å². The molecule has 3 saturated heterocycles. The molecule has 5 heteroatoms. The molecular weight excluding hydrogens is 344 g/mol. The third kappa shape index (κ3) is 3.32. The summed E-state index contributed by atoms with van der Waals surface area (Å²) >= 11 is 1.94. The van der Waals surface area contributed by atoms with E-state index >= 15 is 0 Å². The van der Waals surface area contributed by atoms with Gasteiger partial charge in [0.2, 0.25) is 0 Å².